The number of carbonyl (C=O) groups is 1. The summed E-state index contributed by atoms with van der Waals surface area (Å²) in [7, 11) is -2.01. The maximum absolute atomic E-state index is 12.1. The van der Waals surface area contributed by atoms with E-state index in [0.717, 1.165) is 16.1 Å². The van der Waals surface area contributed by atoms with Gasteiger partial charge in [0.15, 0.2) is 0 Å². The maximum Gasteiger partial charge on any atom is 0.241 e. The lowest BCUT2D eigenvalue weighted by Gasteiger charge is -2.23. The Labute approximate surface area is 138 Å². The molecule has 0 spiro atoms. The minimum atomic E-state index is -3.55. The van der Waals surface area contributed by atoms with Gasteiger partial charge in [0.25, 0.3) is 0 Å². The van der Waals surface area contributed by atoms with Crippen molar-refractivity contribution in [1.29, 1.82) is 0 Å². The first-order valence-electron chi connectivity index (χ1n) is 7.51. The van der Waals surface area contributed by atoms with Crippen molar-refractivity contribution in [2.24, 2.45) is 0 Å². The quantitative estimate of drug-likeness (QED) is 0.780. The Balaban J connectivity index is 2.91. The van der Waals surface area contributed by atoms with Gasteiger partial charge >= 0.3 is 0 Å². The Hall–Kier alpha value is -1.60. The molecule has 1 aromatic rings. The Kier molecular flexibility index (Phi) is 7.02. The molecule has 6 nitrogen and oxygen atoms in total. The summed E-state index contributed by atoms with van der Waals surface area (Å²) in [5.41, 5.74) is 1.59. The first-order valence-corrected chi connectivity index (χ1v) is 9.36. The number of carbonyl (C=O) groups excluding carboxylic acids is 1. The number of amides is 1. The third kappa shape index (κ3) is 6.19. The van der Waals surface area contributed by atoms with Gasteiger partial charge in [0.05, 0.1) is 18.6 Å². The van der Waals surface area contributed by atoms with Crippen LogP contribution in [0.2, 0.25) is 0 Å². The second-order valence-corrected chi connectivity index (χ2v) is 7.85. The number of ether oxygens (including phenoxy) is 1. The lowest BCUT2D eigenvalue weighted by atomic mass is 10.0. The lowest BCUT2D eigenvalue weighted by Crippen LogP contribution is -2.44. The fourth-order valence-electron chi connectivity index (χ4n) is 2.17. The molecule has 130 valence electrons. The first-order chi connectivity index (χ1) is 10.6. The molecule has 0 unspecified atom stereocenters. The third-order valence-electron chi connectivity index (χ3n) is 3.36. The zero-order valence-corrected chi connectivity index (χ0v) is 15.2. The molecule has 0 radical (unpaired) electrons. The van der Waals surface area contributed by atoms with Crippen LogP contribution in [0.5, 0.6) is 0 Å². The molecule has 1 N–H and O–H groups in total. The number of methoxy groups -OCH3 is 1. The highest BCUT2D eigenvalue weighted by atomic mass is 32.2. The van der Waals surface area contributed by atoms with Crippen molar-refractivity contribution in [3.05, 3.63) is 29.8 Å². The Morgan fingerprint density at radius 2 is 1.78 bits per heavy atom. The predicted octanol–water partition coefficient (Wildman–Crippen LogP) is 1.73. The van der Waals surface area contributed by atoms with E-state index in [9.17, 15) is 13.2 Å². The van der Waals surface area contributed by atoms with Crippen LogP contribution in [-0.2, 0) is 19.6 Å². The van der Waals surface area contributed by atoms with Crippen LogP contribution in [0, 0.1) is 0 Å². The van der Waals surface area contributed by atoms with Crippen molar-refractivity contribution in [1.82, 2.24) is 5.32 Å². The molecule has 1 atom stereocenters. The Bertz CT molecular complexity index is 611. The van der Waals surface area contributed by atoms with E-state index < -0.39 is 10.0 Å². The summed E-state index contributed by atoms with van der Waals surface area (Å²) >= 11 is 0. The number of rotatable bonds is 8. The molecule has 0 aromatic heterocycles. The van der Waals surface area contributed by atoms with E-state index in [-0.39, 0.29) is 18.5 Å². The van der Waals surface area contributed by atoms with E-state index in [4.69, 9.17) is 4.74 Å². The Morgan fingerprint density at radius 1 is 1.22 bits per heavy atom. The van der Waals surface area contributed by atoms with Gasteiger partial charge in [-0.15, -0.1) is 0 Å². The zero-order chi connectivity index (χ0) is 17.6. The van der Waals surface area contributed by atoms with Crippen LogP contribution in [0.15, 0.2) is 24.3 Å². The fourth-order valence-corrected chi connectivity index (χ4v) is 3.02. The van der Waals surface area contributed by atoms with E-state index in [0.29, 0.717) is 18.2 Å². The van der Waals surface area contributed by atoms with Crippen molar-refractivity contribution >= 4 is 21.6 Å². The van der Waals surface area contributed by atoms with Crippen LogP contribution in [0.1, 0.15) is 32.3 Å². The standard InChI is InChI=1S/C16H26N2O4S/c1-12(2)14-6-8-15(9-7-14)18(23(5,20)21)10-16(19)17-13(3)11-22-4/h6-9,12-13H,10-11H2,1-5H3,(H,17,19)/t13-/m1/s1. The van der Waals surface area contributed by atoms with E-state index >= 15 is 0 Å². The number of anilines is 1. The number of hydrogen-bond acceptors (Lipinski definition) is 4. The van der Waals surface area contributed by atoms with Gasteiger partial charge in [0, 0.05) is 13.2 Å². The third-order valence-corrected chi connectivity index (χ3v) is 4.50. The molecule has 0 saturated heterocycles. The molecule has 1 rings (SSSR count). The van der Waals surface area contributed by atoms with Gasteiger partial charge in [0.1, 0.15) is 6.54 Å². The molecule has 0 saturated carbocycles. The van der Waals surface area contributed by atoms with Crippen LogP contribution in [-0.4, -0.2) is 46.9 Å². The maximum atomic E-state index is 12.1. The molecule has 7 heteroatoms. The van der Waals surface area contributed by atoms with Crippen molar-refractivity contribution < 1.29 is 17.9 Å². The number of nitrogens with one attached hydrogen (secondary N) is 1. The second kappa shape index (κ2) is 8.31. The van der Waals surface area contributed by atoms with Gasteiger partial charge in [-0.25, -0.2) is 8.42 Å². The van der Waals surface area contributed by atoms with E-state index in [1.165, 1.54) is 0 Å². The number of benzene rings is 1. The Morgan fingerprint density at radius 3 is 2.22 bits per heavy atom. The zero-order valence-electron chi connectivity index (χ0n) is 14.4. The fraction of sp³-hybridized carbons (Fsp3) is 0.562. The average Bonchev–Trinajstić information content (AvgIpc) is 2.44. The minimum absolute atomic E-state index is 0.183. The molecular weight excluding hydrogens is 316 g/mol. The van der Waals surface area contributed by atoms with Crippen LogP contribution in [0.3, 0.4) is 0 Å². The molecule has 0 fully saturated rings. The average molecular weight is 342 g/mol. The minimum Gasteiger partial charge on any atom is -0.383 e. The lowest BCUT2D eigenvalue weighted by molar-refractivity contribution is -0.120. The predicted molar refractivity (Wildman–Crippen MR) is 92.2 cm³/mol. The number of hydrogen-bond donors (Lipinski definition) is 1. The summed E-state index contributed by atoms with van der Waals surface area (Å²) in [6.45, 7) is 6.03. The monoisotopic (exact) mass is 342 g/mol. The van der Waals surface area contributed by atoms with Crippen LogP contribution >= 0.6 is 0 Å². The van der Waals surface area contributed by atoms with E-state index in [1.54, 1.807) is 26.2 Å². The molecule has 0 aliphatic carbocycles. The largest absolute Gasteiger partial charge is 0.383 e. The number of nitrogens with zero attached hydrogens (tertiary/aromatic N) is 1. The van der Waals surface area contributed by atoms with Crippen LogP contribution in [0.25, 0.3) is 0 Å². The summed E-state index contributed by atoms with van der Waals surface area (Å²) in [4.78, 5) is 12.1. The molecule has 0 aliphatic heterocycles. The van der Waals surface area contributed by atoms with Crippen molar-refractivity contribution in [2.75, 3.05) is 30.8 Å². The van der Waals surface area contributed by atoms with Gasteiger partial charge in [-0.2, -0.15) is 0 Å². The molecule has 1 aromatic carbocycles. The SMILES string of the molecule is COC[C@@H](C)NC(=O)CN(c1ccc(C(C)C)cc1)S(C)(=O)=O. The molecule has 0 heterocycles. The normalized spacial score (nSPS) is 13.0. The molecular formula is C16H26N2O4S. The smallest absolute Gasteiger partial charge is 0.241 e. The number of sulfonamides is 1. The summed E-state index contributed by atoms with van der Waals surface area (Å²) in [6.07, 6.45) is 1.09. The van der Waals surface area contributed by atoms with Crippen LogP contribution < -0.4 is 9.62 Å². The van der Waals surface area contributed by atoms with Gasteiger partial charge < -0.3 is 10.1 Å². The van der Waals surface area contributed by atoms with Gasteiger partial charge in [-0.3, -0.25) is 9.10 Å². The first kappa shape index (κ1) is 19.4. The highest BCUT2D eigenvalue weighted by Gasteiger charge is 2.21. The molecule has 0 bridgehead atoms. The topological polar surface area (TPSA) is 75.7 Å². The van der Waals surface area contributed by atoms with E-state index in [1.807, 2.05) is 12.1 Å². The summed E-state index contributed by atoms with van der Waals surface area (Å²) in [5.74, 6) is -0.0122. The molecule has 1 amide bonds. The van der Waals surface area contributed by atoms with E-state index in [2.05, 4.69) is 19.2 Å². The van der Waals surface area contributed by atoms with Crippen molar-refractivity contribution in [3.63, 3.8) is 0 Å². The van der Waals surface area contributed by atoms with Crippen molar-refractivity contribution in [3.8, 4) is 0 Å². The summed E-state index contributed by atoms with van der Waals surface area (Å²) in [5, 5.41) is 2.71. The van der Waals surface area contributed by atoms with Crippen LogP contribution in [0.4, 0.5) is 5.69 Å². The van der Waals surface area contributed by atoms with Gasteiger partial charge in [-0.05, 0) is 30.5 Å². The molecule has 0 aliphatic rings. The highest BCUT2D eigenvalue weighted by molar-refractivity contribution is 7.92. The van der Waals surface area contributed by atoms with Crippen molar-refractivity contribution in [2.45, 2.75) is 32.7 Å². The summed E-state index contributed by atoms with van der Waals surface area (Å²) < 4.78 is 30.1. The molecule has 23 heavy (non-hydrogen) atoms. The van der Waals surface area contributed by atoms with Gasteiger partial charge in [-0.1, -0.05) is 26.0 Å². The summed E-state index contributed by atoms with van der Waals surface area (Å²) in [6, 6.07) is 7.02. The second-order valence-electron chi connectivity index (χ2n) is 5.94. The highest BCUT2D eigenvalue weighted by Crippen LogP contribution is 2.21. The van der Waals surface area contributed by atoms with Gasteiger partial charge in [0.2, 0.25) is 15.9 Å².